The molecule has 0 radical (unpaired) electrons. The van der Waals surface area contributed by atoms with Crippen molar-refractivity contribution >= 4 is 15.9 Å². The van der Waals surface area contributed by atoms with Crippen molar-refractivity contribution in [2.45, 2.75) is 44.7 Å². The average Bonchev–Trinajstić information content (AvgIpc) is 2.52. The van der Waals surface area contributed by atoms with Crippen LogP contribution in [0.15, 0.2) is 23.1 Å². The van der Waals surface area contributed by atoms with E-state index in [2.05, 4.69) is 10.0 Å². The molecule has 25 heavy (non-hydrogen) atoms. The predicted molar refractivity (Wildman–Crippen MR) is 92.3 cm³/mol. The lowest BCUT2D eigenvalue weighted by atomic mass is 9.58. The van der Waals surface area contributed by atoms with Crippen molar-refractivity contribution in [1.29, 1.82) is 0 Å². The van der Waals surface area contributed by atoms with Gasteiger partial charge in [0, 0.05) is 31.0 Å². The van der Waals surface area contributed by atoms with Gasteiger partial charge in [-0.15, -0.1) is 0 Å². The Morgan fingerprint density at radius 3 is 2.52 bits per heavy atom. The molecule has 0 aromatic heterocycles. The van der Waals surface area contributed by atoms with Crippen molar-refractivity contribution in [2.24, 2.45) is 11.3 Å². The van der Waals surface area contributed by atoms with Gasteiger partial charge in [0.1, 0.15) is 5.82 Å². The van der Waals surface area contributed by atoms with Gasteiger partial charge >= 0.3 is 0 Å². The molecule has 140 valence electrons. The minimum Gasteiger partial charge on any atom is -0.380 e. The van der Waals surface area contributed by atoms with Gasteiger partial charge in [0.2, 0.25) is 10.0 Å². The van der Waals surface area contributed by atoms with Crippen LogP contribution < -0.4 is 10.0 Å². The first-order valence-electron chi connectivity index (χ1n) is 8.19. The van der Waals surface area contributed by atoms with E-state index in [4.69, 9.17) is 4.74 Å². The van der Waals surface area contributed by atoms with E-state index in [1.165, 1.54) is 0 Å². The summed E-state index contributed by atoms with van der Waals surface area (Å²) in [5.74, 6) is -1.33. The highest BCUT2D eigenvalue weighted by atomic mass is 32.2. The lowest BCUT2D eigenvalue weighted by Gasteiger charge is -2.56. The summed E-state index contributed by atoms with van der Waals surface area (Å²) in [6.45, 7) is 7.73. The Morgan fingerprint density at radius 1 is 1.36 bits per heavy atom. The van der Waals surface area contributed by atoms with Crippen LogP contribution in [-0.4, -0.2) is 40.1 Å². The Balaban J connectivity index is 2.26. The Morgan fingerprint density at radius 2 is 2.00 bits per heavy atom. The molecule has 2 N–H and O–H groups in total. The number of methoxy groups -OCH3 is 1. The minimum absolute atomic E-state index is 0.0110. The zero-order valence-corrected chi connectivity index (χ0v) is 15.9. The van der Waals surface area contributed by atoms with E-state index in [1.807, 2.05) is 20.8 Å². The van der Waals surface area contributed by atoms with Crippen LogP contribution in [0.4, 0.5) is 4.39 Å². The van der Waals surface area contributed by atoms with Gasteiger partial charge in [-0.25, -0.2) is 17.5 Å². The maximum atomic E-state index is 14.1. The van der Waals surface area contributed by atoms with Crippen LogP contribution in [0.2, 0.25) is 0 Å². The quantitative estimate of drug-likeness (QED) is 0.799. The summed E-state index contributed by atoms with van der Waals surface area (Å²) < 4.78 is 46.0. The van der Waals surface area contributed by atoms with Gasteiger partial charge in [-0.1, -0.05) is 27.7 Å². The second-order valence-corrected chi connectivity index (χ2v) is 8.70. The SMILES string of the molecule is CCNS(=O)(=O)c1ccc(F)c(C(=O)NC2C(C)C(OC)C2(C)C)c1. The summed E-state index contributed by atoms with van der Waals surface area (Å²) in [5.41, 5.74) is -0.587. The third-order valence-corrected chi connectivity index (χ3v) is 6.45. The number of carbonyl (C=O) groups is 1. The summed E-state index contributed by atoms with van der Waals surface area (Å²) in [7, 11) is -2.15. The molecule has 0 spiro atoms. The predicted octanol–water partition coefficient (Wildman–Crippen LogP) is 1.91. The van der Waals surface area contributed by atoms with E-state index in [0.29, 0.717) is 0 Å². The second-order valence-electron chi connectivity index (χ2n) is 6.93. The number of sulfonamides is 1. The highest BCUT2D eigenvalue weighted by molar-refractivity contribution is 7.89. The molecule has 1 aliphatic carbocycles. The number of hydrogen-bond donors (Lipinski definition) is 2. The number of benzene rings is 1. The van der Waals surface area contributed by atoms with E-state index in [0.717, 1.165) is 18.2 Å². The first-order valence-corrected chi connectivity index (χ1v) is 9.67. The molecule has 3 unspecified atom stereocenters. The number of rotatable bonds is 6. The fourth-order valence-electron chi connectivity index (χ4n) is 3.76. The summed E-state index contributed by atoms with van der Waals surface area (Å²) in [6, 6.07) is 3.00. The van der Waals surface area contributed by atoms with Gasteiger partial charge in [-0.2, -0.15) is 0 Å². The van der Waals surface area contributed by atoms with Crippen molar-refractivity contribution < 1.29 is 22.3 Å². The van der Waals surface area contributed by atoms with Crippen LogP contribution in [0.5, 0.6) is 0 Å². The smallest absolute Gasteiger partial charge is 0.254 e. The number of carbonyl (C=O) groups excluding carboxylic acids is 1. The van der Waals surface area contributed by atoms with E-state index < -0.39 is 21.7 Å². The van der Waals surface area contributed by atoms with Crippen molar-refractivity contribution in [2.75, 3.05) is 13.7 Å². The van der Waals surface area contributed by atoms with Crippen LogP contribution in [0.3, 0.4) is 0 Å². The average molecular weight is 372 g/mol. The summed E-state index contributed by atoms with van der Waals surface area (Å²) in [4.78, 5) is 12.4. The fraction of sp³-hybridized carbons (Fsp3) is 0.588. The van der Waals surface area contributed by atoms with Crippen LogP contribution in [-0.2, 0) is 14.8 Å². The van der Waals surface area contributed by atoms with E-state index >= 15 is 0 Å². The normalized spacial score (nSPS) is 25.3. The van der Waals surface area contributed by atoms with Crippen molar-refractivity contribution in [3.63, 3.8) is 0 Å². The lowest BCUT2D eigenvalue weighted by Crippen LogP contribution is -2.67. The number of halogens is 1. The molecular formula is C17H25FN2O4S. The van der Waals surface area contributed by atoms with Crippen LogP contribution in [0.25, 0.3) is 0 Å². The number of nitrogens with one attached hydrogen (secondary N) is 2. The highest BCUT2D eigenvalue weighted by Crippen LogP contribution is 2.47. The van der Waals surface area contributed by atoms with Crippen LogP contribution >= 0.6 is 0 Å². The molecule has 3 atom stereocenters. The lowest BCUT2D eigenvalue weighted by molar-refractivity contribution is -0.141. The molecule has 2 rings (SSSR count). The third kappa shape index (κ3) is 3.56. The molecule has 1 fully saturated rings. The summed E-state index contributed by atoms with van der Waals surface area (Å²) in [5, 5.41) is 2.81. The Bertz CT molecular complexity index is 764. The zero-order valence-electron chi connectivity index (χ0n) is 15.1. The Hall–Kier alpha value is -1.51. The molecule has 1 amide bonds. The Labute approximate surface area is 148 Å². The number of hydrogen-bond acceptors (Lipinski definition) is 4. The summed E-state index contributed by atoms with van der Waals surface area (Å²) in [6.07, 6.45) is -0.0110. The topological polar surface area (TPSA) is 84.5 Å². The van der Waals surface area contributed by atoms with Crippen molar-refractivity contribution in [3.8, 4) is 0 Å². The molecule has 1 saturated carbocycles. The van der Waals surface area contributed by atoms with Crippen molar-refractivity contribution in [3.05, 3.63) is 29.6 Å². The molecule has 1 aromatic carbocycles. The maximum Gasteiger partial charge on any atom is 0.254 e. The zero-order chi connectivity index (χ0) is 19.0. The van der Waals surface area contributed by atoms with Gasteiger partial charge in [-0.3, -0.25) is 4.79 Å². The molecule has 0 aliphatic heterocycles. The van der Waals surface area contributed by atoms with E-state index in [9.17, 15) is 17.6 Å². The van der Waals surface area contributed by atoms with Crippen molar-refractivity contribution in [1.82, 2.24) is 10.0 Å². The molecule has 0 saturated heterocycles. The first-order chi connectivity index (χ1) is 11.6. The highest BCUT2D eigenvalue weighted by Gasteiger charge is 2.55. The first kappa shape index (κ1) is 19.8. The van der Waals surface area contributed by atoms with Gasteiger partial charge in [0.05, 0.1) is 16.6 Å². The number of amides is 1. The molecule has 0 bridgehead atoms. The molecular weight excluding hydrogens is 347 g/mol. The van der Waals surface area contributed by atoms with Crippen LogP contribution in [0.1, 0.15) is 38.1 Å². The van der Waals surface area contributed by atoms with Gasteiger partial charge in [-0.05, 0) is 18.2 Å². The molecule has 0 heterocycles. The summed E-state index contributed by atoms with van der Waals surface area (Å²) >= 11 is 0. The molecule has 6 nitrogen and oxygen atoms in total. The Kier molecular flexibility index (Phi) is 5.56. The van der Waals surface area contributed by atoms with Gasteiger partial charge in [0.25, 0.3) is 5.91 Å². The monoisotopic (exact) mass is 372 g/mol. The maximum absolute atomic E-state index is 14.1. The fourth-order valence-corrected chi connectivity index (χ4v) is 4.83. The molecule has 8 heteroatoms. The van der Waals surface area contributed by atoms with Gasteiger partial charge < -0.3 is 10.1 Å². The molecule has 1 aliphatic rings. The number of ether oxygens (including phenoxy) is 1. The standard InChI is InChI=1S/C17H25FN2O4S/c1-6-19-25(22,23)11-7-8-13(18)12(9-11)16(21)20-14-10(2)15(24-5)17(14,3)4/h7-10,14-15,19H,6H2,1-5H3,(H,20,21). The molecule has 1 aromatic rings. The van der Waals surface area contributed by atoms with Gasteiger partial charge in [0.15, 0.2) is 0 Å². The largest absolute Gasteiger partial charge is 0.380 e. The van der Waals surface area contributed by atoms with E-state index in [-0.39, 0.29) is 40.5 Å². The minimum atomic E-state index is -3.77. The second kappa shape index (κ2) is 7.01. The van der Waals surface area contributed by atoms with E-state index in [1.54, 1.807) is 14.0 Å². The van der Waals surface area contributed by atoms with Crippen LogP contribution in [0, 0.1) is 17.2 Å². The third-order valence-electron chi connectivity index (χ3n) is 4.91.